The summed E-state index contributed by atoms with van der Waals surface area (Å²) in [5.74, 6) is -11.0. The van der Waals surface area contributed by atoms with Gasteiger partial charge in [0.2, 0.25) is 0 Å². The summed E-state index contributed by atoms with van der Waals surface area (Å²) in [5, 5.41) is 32.4. The van der Waals surface area contributed by atoms with E-state index in [4.69, 9.17) is 39.6 Å². The van der Waals surface area contributed by atoms with Gasteiger partial charge in [0.25, 0.3) is 0 Å². The lowest BCUT2D eigenvalue weighted by Gasteiger charge is -2.36. The van der Waals surface area contributed by atoms with Crippen molar-refractivity contribution >= 4 is 62.3 Å². The number of carboxylic acids is 4. The highest BCUT2D eigenvalue weighted by molar-refractivity contribution is 5.99. The number of piperazine rings is 1. The van der Waals surface area contributed by atoms with Gasteiger partial charge in [-0.2, -0.15) is 52.7 Å². The van der Waals surface area contributed by atoms with Crippen LogP contribution < -0.4 is 4.90 Å². The van der Waals surface area contributed by atoms with Crippen LogP contribution in [0.3, 0.4) is 0 Å². The monoisotopic (exact) mass is 977 g/mol. The number of aromatic amines is 3. The molecule has 364 valence electrons. The second-order valence-corrected chi connectivity index (χ2v) is 14.0. The Morgan fingerprint density at radius 3 is 1.37 bits per heavy atom. The number of halogens is 12. The molecule has 0 spiro atoms. The Morgan fingerprint density at radius 1 is 0.471 bits per heavy atom. The van der Waals surface area contributed by atoms with Crippen molar-refractivity contribution in [2.75, 3.05) is 31.1 Å². The highest BCUT2D eigenvalue weighted by Crippen LogP contribution is 2.36. The summed E-state index contributed by atoms with van der Waals surface area (Å²) in [6, 6.07) is 35.2. The molecule has 1 aliphatic heterocycles. The number of H-pyrrole nitrogens is 3. The number of carboxylic acid groups (broad SMARTS) is 4. The molecule has 0 radical (unpaired) electrons. The molecule has 0 bridgehead atoms. The second kappa shape index (κ2) is 21.7. The smallest absolute Gasteiger partial charge is 0.475 e. The number of hydrogen-bond acceptors (Lipinski definition) is 6. The van der Waals surface area contributed by atoms with Crippen molar-refractivity contribution in [3.05, 3.63) is 115 Å². The molecule has 0 aliphatic carbocycles. The Labute approximate surface area is 373 Å². The van der Waals surface area contributed by atoms with Gasteiger partial charge in [0, 0.05) is 94.8 Å². The van der Waals surface area contributed by atoms with Gasteiger partial charge in [-0.3, -0.25) is 4.90 Å². The quantitative estimate of drug-likeness (QED) is 0.0814. The molecule has 0 saturated carbocycles. The van der Waals surface area contributed by atoms with Crippen LogP contribution >= 0.6 is 0 Å². The van der Waals surface area contributed by atoms with Crippen molar-refractivity contribution in [1.29, 1.82) is 0 Å². The fourth-order valence-corrected chi connectivity index (χ4v) is 6.51. The lowest BCUT2D eigenvalue weighted by Crippen LogP contribution is -2.46. The van der Waals surface area contributed by atoms with E-state index < -0.39 is 48.6 Å². The van der Waals surface area contributed by atoms with Gasteiger partial charge >= 0.3 is 48.6 Å². The minimum atomic E-state index is -5.08. The van der Waals surface area contributed by atoms with Gasteiger partial charge in [-0.15, -0.1) is 0 Å². The Bertz CT molecular complexity index is 2720. The summed E-state index contributed by atoms with van der Waals surface area (Å²) in [5.41, 5.74) is 11.3. The van der Waals surface area contributed by atoms with Crippen LogP contribution in [0.2, 0.25) is 0 Å². The molecule has 1 saturated heterocycles. The number of aromatic nitrogens is 3. The zero-order valence-corrected chi connectivity index (χ0v) is 34.3. The third kappa shape index (κ3) is 14.4. The number of nitrogens with one attached hydrogen (secondary N) is 3. The minimum absolute atomic E-state index is 0.913. The van der Waals surface area contributed by atoms with Crippen LogP contribution in [0.5, 0.6) is 0 Å². The molecule has 0 atom stereocenters. The molecule has 4 aromatic carbocycles. The van der Waals surface area contributed by atoms with E-state index in [9.17, 15) is 52.7 Å². The maximum atomic E-state index is 10.6. The number of rotatable bonds is 5. The second-order valence-electron chi connectivity index (χ2n) is 14.0. The van der Waals surface area contributed by atoms with E-state index in [1.54, 1.807) is 0 Å². The van der Waals surface area contributed by atoms with Gasteiger partial charge in [-0.1, -0.05) is 60.7 Å². The molecule has 0 unspecified atom stereocenters. The maximum Gasteiger partial charge on any atom is 0.490 e. The molecule has 1 fully saturated rings. The third-order valence-corrected chi connectivity index (χ3v) is 9.50. The molecular formula is C43H35F12N5O8. The van der Waals surface area contributed by atoms with Crippen molar-refractivity contribution in [2.24, 2.45) is 0 Å². The van der Waals surface area contributed by atoms with E-state index in [0.717, 1.165) is 32.7 Å². The van der Waals surface area contributed by atoms with Gasteiger partial charge in [-0.05, 0) is 53.1 Å². The number of anilines is 1. The van der Waals surface area contributed by atoms with E-state index in [-0.39, 0.29) is 0 Å². The van der Waals surface area contributed by atoms with Gasteiger partial charge in [-0.25, -0.2) is 19.2 Å². The highest BCUT2D eigenvalue weighted by Gasteiger charge is 2.40. The van der Waals surface area contributed by atoms with E-state index >= 15 is 0 Å². The normalized spacial score (nSPS) is 13.2. The Balaban J connectivity index is 0.000000294. The van der Waals surface area contributed by atoms with Gasteiger partial charge < -0.3 is 40.3 Å². The Hall–Kier alpha value is -7.70. The number of fused-ring (bicyclic) bond motifs is 3. The number of alkyl halides is 12. The maximum absolute atomic E-state index is 10.6. The Kier molecular flexibility index (Phi) is 16.9. The lowest BCUT2D eigenvalue weighted by atomic mass is 9.96. The minimum Gasteiger partial charge on any atom is -0.475 e. The van der Waals surface area contributed by atoms with Gasteiger partial charge in [0.15, 0.2) is 0 Å². The molecule has 68 heavy (non-hydrogen) atoms. The largest absolute Gasteiger partial charge is 0.490 e. The van der Waals surface area contributed by atoms with Crippen LogP contribution in [0.15, 0.2) is 109 Å². The number of aliphatic carboxylic acids is 4. The molecule has 8 rings (SSSR count). The molecule has 1 aliphatic rings. The van der Waals surface area contributed by atoms with Crippen LogP contribution in [-0.4, -0.2) is 115 Å². The number of benzene rings is 4. The SMILES string of the molecule is O=C(O)C(F)(F)F.O=C(O)C(F)(F)F.O=C(O)C(F)(F)F.O=C(O)C(F)(F)F.c1cc(-c2ccc(-c3c(CN4CCN(c5cccc6[nH]ccc56)CC4)[nH]c4ccccc34)cc2)c2cc[nH]c2c1. The van der Waals surface area contributed by atoms with E-state index in [2.05, 4.69) is 122 Å². The topological polar surface area (TPSA) is 203 Å². The molecule has 13 nitrogen and oxygen atoms in total. The summed E-state index contributed by atoms with van der Waals surface area (Å²) in [6.45, 7) is 5.04. The standard InChI is InChI=1S/C35H31N5.4C2HF3O2/c1-2-7-32-29(5-1)35(25-13-11-24(12-14-25)26-6-3-8-30-27(26)15-17-36-30)33(38-32)23-39-19-21-40(22-20-39)34-10-4-9-31-28(34)16-18-37-31;4*3-2(4,5)1(6)7/h1-18,36-38H,19-23H2;4*(H,6,7). The molecule has 3 aromatic heterocycles. The van der Waals surface area contributed by atoms with Crippen molar-refractivity contribution in [3.63, 3.8) is 0 Å². The van der Waals surface area contributed by atoms with Gasteiger partial charge in [0.1, 0.15) is 0 Å². The van der Waals surface area contributed by atoms with Crippen LogP contribution in [0.25, 0.3) is 55.0 Å². The van der Waals surface area contributed by atoms with Crippen molar-refractivity contribution in [2.45, 2.75) is 31.2 Å². The van der Waals surface area contributed by atoms with Crippen LogP contribution in [0.1, 0.15) is 5.69 Å². The molecule has 4 heterocycles. The number of carbonyl (C=O) groups is 4. The third-order valence-electron chi connectivity index (χ3n) is 9.50. The zero-order chi connectivity index (χ0) is 50.8. The summed E-state index contributed by atoms with van der Waals surface area (Å²) in [7, 11) is 0. The fourth-order valence-electron chi connectivity index (χ4n) is 6.51. The molecular weight excluding hydrogens is 942 g/mol. The van der Waals surface area contributed by atoms with E-state index in [1.807, 2.05) is 12.4 Å². The molecule has 25 heteroatoms. The van der Waals surface area contributed by atoms with Crippen LogP contribution in [0, 0.1) is 0 Å². The fraction of sp³-hybridized carbons (Fsp3) is 0.209. The number of hydrogen-bond donors (Lipinski definition) is 7. The number of nitrogens with zero attached hydrogens (tertiary/aromatic N) is 2. The summed E-state index contributed by atoms with van der Waals surface area (Å²) in [4.78, 5) is 51.2. The van der Waals surface area contributed by atoms with Gasteiger partial charge in [0.05, 0.1) is 0 Å². The van der Waals surface area contributed by atoms with Crippen molar-refractivity contribution in [1.82, 2.24) is 19.9 Å². The first-order valence-corrected chi connectivity index (χ1v) is 19.1. The summed E-state index contributed by atoms with van der Waals surface area (Å²) < 4.78 is 127. The summed E-state index contributed by atoms with van der Waals surface area (Å²) >= 11 is 0. The van der Waals surface area contributed by atoms with Crippen molar-refractivity contribution in [3.8, 4) is 22.3 Å². The Morgan fingerprint density at radius 2 is 0.882 bits per heavy atom. The van der Waals surface area contributed by atoms with E-state index in [0.29, 0.717) is 0 Å². The lowest BCUT2D eigenvalue weighted by molar-refractivity contribution is -0.193. The van der Waals surface area contributed by atoms with Crippen molar-refractivity contribution < 1.29 is 92.3 Å². The average molecular weight is 978 g/mol. The average Bonchev–Trinajstić information content (AvgIpc) is 4.03. The summed E-state index contributed by atoms with van der Waals surface area (Å²) in [6.07, 6.45) is -16.3. The van der Waals surface area contributed by atoms with Crippen LogP contribution in [-0.2, 0) is 25.7 Å². The molecule has 7 aromatic rings. The highest BCUT2D eigenvalue weighted by atomic mass is 19.4. The zero-order valence-electron chi connectivity index (χ0n) is 34.3. The predicted octanol–water partition coefficient (Wildman–Crippen LogP) is 10.3. The first-order valence-electron chi connectivity index (χ1n) is 19.1. The van der Waals surface area contributed by atoms with Crippen LogP contribution in [0.4, 0.5) is 58.4 Å². The van der Waals surface area contributed by atoms with E-state index in [1.165, 1.54) is 66.3 Å². The first kappa shape index (κ1) is 52.9. The number of para-hydroxylation sites is 1. The predicted molar refractivity (Wildman–Crippen MR) is 222 cm³/mol. The molecule has 0 amide bonds. The molecule has 7 N–H and O–H groups in total. The first-order chi connectivity index (χ1) is 31.6.